The average Bonchev–Trinajstić information content (AvgIpc) is 2.83. The van der Waals surface area contributed by atoms with Crippen molar-refractivity contribution in [1.82, 2.24) is 0 Å². The SMILES string of the molecule is COc1ccc(/C=C2\SC(=O)N(c3ccccc3F)C2=O)cc1. The number of carbonyl (C=O) groups is 2. The minimum Gasteiger partial charge on any atom is -0.497 e. The van der Waals surface area contributed by atoms with E-state index >= 15 is 0 Å². The molecule has 2 aromatic carbocycles. The molecule has 6 heteroatoms. The summed E-state index contributed by atoms with van der Waals surface area (Å²) in [5.41, 5.74) is 0.720. The van der Waals surface area contributed by atoms with Crippen molar-refractivity contribution < 1.29 is 18.7 Å². The minimum atomic E-state index is -0.611. The molecule has 2 amide bonds. The van der Waals surface area contributed by atoms with Crippen molar-refractivity contribution >= 4 is 34.7 Å². The summed E-state index contributed by atoms with van der Waals surface area (Å²) in [4.78, 5) is 25.6. The predicted octanol–water partition coefficient (Wildman–Crippen LogP) is 4.08. The lowest BCUT2D eigenvalue weighted by Crippen LogP contribution is -2.28. The third kappa shape index (κ3) is 2.98. The number of anilines is 1. The first-order valence-electron chi connectivity index (χ1n) is 6.76. The van der Waals surface area contributed by atoms with Crippen molar-refractivity contribution in [3.63, 3.8) is 0 Å². The molecular formula is C17H12FNO3S. The third-order valence-electron chi connectivity index (χ3n) is 3.30. The van der Waals surface area contributed by atoms with Crippen LogP contribution in [-0.4, -0.2) is 18.3 Å². The summed E-state index contributed by atoms with van der Waals surface area (Å²) in [7, 11) is 1.56. The van der Waals surface area contributed by atoms with Gasteiger partial charge in [0.1, 0.15) is 11.6 Å². The average molecular weight is 329 g/mol. The number of benzene rings is 2. The van der Waals surface area contributed by atoms with Gasteiger partial charge in [0.05, 0.1) is 17.7 Å². The van der Waals surface area contributed by atoms with Gasteiger partial charge in [-0.05, 0) is 47.7 Å². The number of carbonyl (C=O) groups excluding carboxylic acids is 2. The van der Waals surface area contributed by atoms with Crippen molar-refractivity contribution in [1.29, 1.82) is 0 Å². The molecule has 1 aliphatic heterocycles. The number of hydrogen-bond acceptors (Lipinski definition) is 4. The van der Waals surface area contributed by atoms with Gasteiger partial charge in [-0.15, -0.1) is 0 Å². The minimum absolute atomic E-state index is 0.0341. The second kappa shape index (κ2) is 6.26. The van der Waals surface area contributed by atoms with E-state index in [-0.39, 0.29) is 10.6 Å². The number of hydrogen-bond donors (Lipinski definition) is 0. The number of amides is 2. The second-order valence-corrected chi connectivity index (χ2v) is 5.73. The van der Waals surface area contributed by atoms with E-state index in [1.54, 1.807) is 43.5 Å². The molecule has 0 atom stereocenters. The molecule has 1 aliphatic rings. The first-order chi connectivity index (χ1) is 11.1. The largest absolute Gasteiger partial charge is 0.497 e. The molecule has 0 aromatic heterocycles. The van der Waals surface area contributed by atoms with Gasteiger partial charge in [-0.3, -0.25) is 9.59 Å². The fraction of sp³-hybridized carbons (Fsp3) is 0.0588. The molecule has 3 rings (SSSR count). The zero-order chi connectivity index (χ0) is 16.4. The van der Waals surface area contributed by atoms with Crippen molar-refractivity contribution in [2.45, 2.75) is 0 Å². The fourth-order valence-corrected chi connectivity index (χ4v) is 2.99. The molecule has 1 saturated heterocycles. The van der Waals surface area contributed by atoms with Gasteiger partial charge in [-0.2, -0.15) is 0 Å². The third-order valence-corrected chi connectivity index (χ3v) is 4.17. The number of rotatable bonds is 3. The maximum atomic E-state index is 13.8. The number of methoxy groups -OCH3 is 1. The van der Waals surface area contributed by atoms with E-state index < -0.39 is 17.0 Å². The highest BCUT2D eigenvalue weighted by molar-refractivity contribution is 8.19. The standard InChI is InChI=1S/C17H12FNO3S/c1-22-12-8-6-11(7-9-12)10-15-16(20)19(17(21)23-15)14-5-3-2-4-13(14)18/h2-10H,1H3/b15-10-. The van der Waals surface area contributed by atoms with Gasteiger partial charge in [-0.25, -0.2) is 9.29 Å². The maximum Gasteiger partial charge on any atom is 0.298 e. The molecule has 0 N–H and O–H groups in total. The number of thioether (sulfide) groups is 1. The molecule has 23 heavy (non-hydrogen) atoms. The lowest BCUT2D eigenvalue weighted by atomic mass is 10.2. The highest BCUT2D eigenvalue weighted by atomic mass is 32.2. The van der Waals surface area contributed by atoms with Gasteiger partial charge in [-0.1, -0.05) is 24.3 Å². The van der Waals surface area contributed by atoms with Crippen LogP contribution in [0.25, 0.3) is 6.08 Å². The van der Waals surface area contributed by atoms with Crippen LogP contribution in [0, 0.1) is 5.82 Å². The summed E-state index contributed by atoms with van der Waals surface area (Å²) in [6, 6.07) is 12.8. The Labute approximate surface area is 136 Å². The Morgan fingerprint density at radius 2 is 1.78 bits per heavy atom. The van der Waals surface area contributed by atoms with E-state index in [4.69, 9.17) is 4.74 Å². The molecule has 0 unspecified atom stereocenters. The molecular weight excluding hydrogens is 317 g/mol. The molecule has 0 aliphatic carbocycles. The lowest BCUT2D eigenvalue weighted by Gasteiger charge is -2.12. The predicted molar refractivity (Wildman–Crippen MR) is 87.8 cm³/mol. The van der Waals surface area contributed by atoms with Crippen LogP contribution in [0.4, 0.5) is 14.9 Å². The van der Waals surface area contributed by atoms with Crippen LogP contribution in [0.1, 0.15) is 5.56 Å². The Balaban J connectivity index is 1.91. The van der Waals surface area contributed by atoms with E-state index in [0.717, 1.165) is 22.2 Å². The normalized spacial score (nSPS) is 16.3. The van der Waals surface area contributed by atoms with Crippen molar-refractivity contribution in [3.05, 3.63) is 64.8 Å². The zero-order valence-corrected chi connectivity index (χ0v) is 13.0. The van der Waals surface area contributed by atoms with E-state index in [0.29, 0.717) is 5.75 Å². The fourth-order valence-electron chi connectivity index (χ4n) is 2.16. The van der Waals surface area contributed by atoms with Gasteiger partial charge in [0.15, 0.2) is 0 Å². The zero-order valence-electron chi connectivity index (χ0n) is 12.2. The van der Waals surface area contributed by atoms with Gasteiger partial charge in [0, 0.05) is 0 Å². The van der Waals surface area contributed by atoms with E-state index in [2.05, 4.69) is 0 Å². The number of para-hydroxylation sites is 1. The van der Waals surface area contributed by atoms with E-state index in [1.807, 2.05) is 0 Å². The lowest BCUT2D eigenvalue weighted by molar-refractivity contribution is -0.113. The van der Waals surface area contributed by atoms with Crippen molar-refractivity contribution in [3.8, 4) is 5.75 Å². The molecule has 0 spiro atoms. The maximum absolute atomic E-state index is 13.8. The van der Waals surface area contributed by atoms with Crippen LogP contribution >= 0.6 is 11.8 Å². The Morgan fingerprint density at radius 3 is 2.43 bits per heavy atom. The number of ether oxygens (including phenoxy) is 1. The topological polar surface area (TPSA) is 46.6 Å². The summed E-state index contributed by atoms with van der Waals surface area (Å²) >= 11 is 0.791. The molecule has 1 fully saturated rings. The number of imide groups is 1. The molecule has 1 heterocycles. The van der Waals surface area contributed by atoms with E-state index in [9.17, 15) is 14.0 Å². The summed E-state index contributed by atoms with van der Waals surface area (Å²) in [6.07, 6.45) is 1.60. The summed E-state index contributed by atoms with van der Waals surface area (Å²) in [5, 5.41) is -0.514. The molecule has 4 nitrogen and oxygen atoms in total. The van der Waals surface area contributed by atoms with Crippen molar-refractivity contribution in [2.75, 3.05) is 12.0 Å². The molecule has 2 aromatic rings. The van der Waals surface area contributed by atoms with Crippen LogP contribution in [0.5, 0.6) is 5.75 Å². The first-order valence-corrected chi connectivity index (χ1v) is 7.58. The molecule has 0 bridgehead atoms. The van der Waals surface area contributed by atoms with Crippen LogP contribution in [0.3, 0.4) is 0 Å². The summed E-state index contributed by atoms with van der Waals surface area (Å²) in [6.45, 7) is 0. The quantitative estimate of drug-likeness (QED) is 0.796. The Morgan fingerprint density at radius 1 is 1.09 bits per heavy atom. The molecule has 116 valence electrons. The van der Waals surface area contributed by atoms with E-state index in [1.165, 1.54) is 18.2 Å². The van der Waals surface area contributed by atoms with Crippen LogP contribution in [-0.2, 0) is 4.79 Å². The van der Waals surface area contributed by atoms with Crippen molar-refractivity contribution in [2.24, 2.45) is 0 Å². The van der Waals surface area contributed by atoms with Crippen LogP contribution in [0.15, 0.2) is 53.4 Å². The van der Waals surface area contributed by atoms with Crippen LogP contribution < -0.4 is 9.64 Å². The number of halogens is 1. The van der Waals surface area contributed by atoms with Gasteiger partial charge < -0.3 is 4.74 Å². The Hall–Kier alpha value is -2.60. The first kappa shape index (κ1) is 15.3. The molecule has 0 radical (unpaired) electrons. The second-order valence-electron chi connectivity index (χ2n) is 4.74. The monoisotopic (exact) mass is 329 g/mol. The summed E-state index contributed by atoms with van der Waals surface area (Å²) in [5.74, 6) is -0.442. The van der Waals surface area contributed by atoms with Gasteiger partial charge in [0.25, 0.3) is 11.1 Å². The Bertz CT molecular complexity index is 802. The Kier molecular flexibility index (Phi) is 4.16. The van der Waals surface area contributed by atoms with Gasteiger partial charge in [0.2, 0.25) is 0 Å². The van der Waals surface area contributed by atoms with Gasteiger partial charge >= 0.3 is 0 Å². The smallest absolute Gasteiger partial charge is 0.298 e. The highest BCUT2D eigenvalue weighted by Crippen LogP contribution is 2.36. The molecule has 0 saturated carbocycles. The van der Waals surface area contributed by atoms with Crippen LogP contribution in [0.2, 0.25) is 0 Å². The summed E-state index contributed by atoms with van der Waals surface area (Å²) < 4.78 is 18.9. The number of nitrogens with zero attached hydrogens (tertiary/aromatic N) is 1. The highest BCUT2D eigenvalue weighted by Gasteiger charge is 2.37.